The van der Waals surface area contributed by atoms with Crippen molar-refractivity contribution in [3.8, 4) is 5.75 Å². The summed E-state index contributed by atoms with van der Waals surface area (Å²) in [5.41, 5.74) is 4.83. The molecule has 0 fully saturated rings. The molecule has 0 unspecified atom stereocenters. The van der Waals surface area contributed by atoms with Crippen molar-refractivity contribution in [1.82, 2.24) is 10.2 Å². The molecule has 196 valence electrons. The minimum absolute atomic E-state index is 0.156. The van der Waals surface area contributed by atoms with Gasteiger partial charge in [-0.25, -0.2) is 0 Å². The fraction of sp³-hybridized carbons (Fsp3) is 0.355. The molecule has 0 aliphatic rings. The zero-order valence-electron chi connectivity index (χ0n) is 22.2. The molecule has 5 nitrogen and oxygen atoms in total. The number of unbranched alkanes of at least 4 members (excludes halogenated alkanes) is 1. The molecule has 1 atom stereocenters. The number of benzene rings is 3. The lowest BCUT2D eigenvalue weighted by atomic mass is 10.0. The van der Waals surface area contributed by atoms with E-state index in [-0.39, 0.29) is 18.4 Å². The Labute approximate surface area is 225 Å². The highest BCUT2D eigenvalue weighted by molar-refractivity contribution is 6.32. The Balaban J connectivity index is 1.90. The number of aryl methyl sites for hydroxylation is 3. The predicted octanol–water partition coefficient (Wildman–Crippen LogP) is 6.20. The highest BCUT2D eigenvalue weighted by atomic mass is 35.5. The van der Waals surface area contributed by atoms with Gasteiger partial charge in [0.1, 0.15) is 11.8 Å². The number of halogens is 1. The van der Waals surface area contributed by atoms with Gasteiger partial charge in [-0.3, -0.25) is 9.59 Å². The second-order valence-electron chi connectivity index (χ2n) is 9.52. The fourth-order valence-electron chi connectivity index (χ4n) is 4.28. The number of ether oxygens (including phenoxy) is 1. The van der Waals surface area contributed by atoms with Gasteiger partial charge in [0, 0.05) is 24.5 Å². The number of carbonyl (C=O) groups excluding carboxylic acids is 2. The van der Waals surface area contributed by atoms with Crippen molar-refractivity contribution in [1.29, 1.82) is 0 Å². The van der Waals surface area contributed by atoms with Crippen LogP contribution in [0, 0.1) is 20.8 Å². The SMILES string of the molecule is CCCCNC(=O)[C@@H](Cc1ccccc1)N(Cc1cccc(C)c1)C(=O)COc1cc(C)c(Cl)c(C)c1. The minimum atomic E-state index is -0.676. The molecule has 0 aliphatic carbocycles. The third-order valence-electron chi connectivity index (χ3n) is 6.31. The van der Waals surface area contributed by atoms with Crippen LogP contribution in [0.25, 0.3) is 0 Å². The van der Waals surface area contributed by atoms with Crippen molar-refractivity contribution < 1.29 is 14.3 Å². The summed E-state index contributed by atoms with van der Waals surface area (Å²) in [6.07, 6.45) is 2.27. The zero-order valence-corrected chi connectivity index (χ0v) is 23.0. The molecule has 3 aromatic rings. The van der Waals surface area contributed by atoms with Crippen LogP contribution in [0.4, 0.5) is 0 Å². The highest BCUT2D eigenvalue weighted by Crippen LogP contribution is 2.26. The Bertz CT molecular complexity index is 1170. The number of hydrogen-bond acceptors (Lipinski definition) is 3. The van der Waals surface area contributed by atoms with E-state index >= 15 is 0 Å². The normalized spacial score (nSPS) is 11.6. The summed E-state index contributed by atoms with van der Waals surface area (Å²) in [7, 11) is 0. The van der Waals surface area contributed by atoms with Gasteiger partial charge in [-0.05, 0) is 61.6 Å². The average Bonchev–Trinajstić information content (AvgIpc) is 2.88. The Hall–Kier alpha value is -3.31. The lowest BCUT2D eigenvalue weighted by molar-refractivity contribution is -0.142. The van der Waals surface area contributed by atoms with E-state index in [2.05, 4.69) is 12.2 Å². The standard InChI is InChI=1S/C31H37ClN2O3/c1-5-6-15-33-31(36)28(19-25-12-8-7-9-13-25)34(20-26-14-10-11-22(2)16-26)29(35)21-37-27-17-23(3)30(32)24(4)18-27/h7-14,16-18,28H,5-6,15,19-21H2,1-4H3,(H,33,36)/t28-/m1/s1. The first-order valence-corrected chi connectivity index (χ1v) is 13.2. The Morgan fingerprint density at radius 2 is 1.62 bits per heavy atom. The minimum Gasteiger partial charge on any atom is -0.484 e. The van der Waals surface area contributed by atoms with Crippen molar-refractivity contribution in [2.75, 3.05) is 13.2 Å². The molecule has 1 N–H and O–H groups in total. The largest absolute Gasteiger partial charge is 0.484 e. The average molecular weight is 521 g/mol. The highest BCUT2D eigenvalue weighted by Gasteiger charge is 2.30. The van der Waals surface area contributed by atoms with E-state index in [1.807, 2.05) is 87.5 Å². The van der Waals surface area contributed by atoms with Gasteiger partial charge in [0.05, 0.1) is 0 Å². The number of hydrogen-bond donors (Lipinski definition) is 1. The third kappa shape index (κ3) is 8.36. The molecule has 0 aromatic heterocycles. The van der Waals surface area contributed by atoms with E-state index in [0.717, 1.165) is 40.7 Å². The zero-order chi connectivity index (χ0) is 26.8. The summed E-state index contributed by atoms with van der Waals surface area (Å²) < 4.78 is 5.92. The Kier molecular flexibility index (Phi) is 10.6. The van der Waals surface area contributed by atoms with E-state index < -0.39 is 6.04 Å². The molecule has 0 radical (unpaired) electrons. The van der Waals surface area contributed by atoms with Crippen LogP contribution in [0.3, 0.4) is 0 Å². The molecule has 0 heterocycles. The summed E-state index contributed by atoms with van der Waals surface area (Å²) in [5.74, 6) is 0.171. The molecule has 37 heavy (non-hydrogen) atoms. The molecular weight excluding hydrogens is 484 g/mol. The molecule has 3 aromatic carbocycles. The van der Waals surface area contributed by atoms with E-state index in [0.29, 0.717) is 30.3 Å². The molecule has 0 spiro atoms. The number of carbonyl (C=O) groups is 2. The lowest BCUT2D eigenvalue weighted by Crippen LogP contribution is -2.51. The van der Waals surface area contributed by atoms with Crippen molar-refractivity contribution in [2.24, 2.45) is 0 Å². The molecule has 0 aliphatic heterocycles. The van der Waals surface area contributed by atoms with Crippen LogP contribution in [-0.4, -0.2) is 35.9 Å². The van der Waals surface area contributed by atoms with Gasteiger partial charge in [0.15, 0.2) is 6.61 Å². The van der Waals surface area contributed by atoms with Crippen LogP contribution < -0.4 is 10.1 Å². The summed E-state index contributed by atoms with van der Waals surface area (Å²) in [4.78, 5) is 28.8. The van der Waals surface area contributed by atoms with Gasteiger partial charge >= 0.3 is 0 Å². The van der Waals surface area contributed by atoms with E-state index in [1.165, 1.54) is 0 Å². The Morgan fingerprint density at radius 3 is 2.27 bits per heavy atom. The quantitative estimate of drug-likeness (QED) is 0.289. The Morgan fingerprint density at radius 1 is 0.946 bits per heavy atom. The molecule has 0 saturated carbocycles. The van der Waals surface area contributed by atoms with Crippen molar-refractivity contribution in [3.63, 3.8) is 0 Å². The van der Waals surface area contributed by atoms with Crippen molar-refractivity contribution >= 4 is 23.4 Å². The van der Waals surface area contributed by atoms with Gasteiger partial charge in [0.2, 0.25) is 5.91 Å². The van der Waals surface area contributed by atoms with E-state index in [4.69, 9.17) is 16.3 Å². The maximum atomic E-state index is 13.7. The monoisotopic (exact) mass is 520 g/mol. The summed E-state index contributed by atoms with van der Waals surface area (Å²) in [6, 6.07) is 20.8. The number of rotatable bonds is 12. The number of nitrogens with zero attached hydrogens (tertiary/aromatic N) is 1. The van der Waals surface area contributed by atoms with E-state index in [1.54, 1.807) is 4.90 Å². The van der Waals surface area contributed by atoms with E-state index in [9.17, 15) is 9.59 Å². The fourth-order valence-corrected chi connectivity index (χ4v) is 4.39. The molecule has 0 bridgehead atoms. The molecule has 3 rings (SSSR count). The van der Waals surface area contributed by atoms with Crippen molar-refractivity contribution in [2.45, 2.75) is 59.5 Å². The maximum absolute atomic E-state index is 13.7. The maximum Gasteiger partial charge on any atom is 0.261 e. The second-order valence-corrected chi connectivity index (χ2v) is 9.90. The van der Waals surface area contributed by atoms with Crippen LogP contribution in [0.15, 0.2) is 66.7 Å². The number of nitrogens with one attached hydrogen (secondary N) is 1. The van der Waals surface area contributed by atoms with Gasteiger partial charge in [-0.1, -0.05) is 85.1 Å². The molecular formula is C31H37ClN2O3. The first-order chi connectivity index (χ1) is 17.8. The van der Waals surface area contributed by atoms with Crippen molar-refractivity contribution in [3.05, 3.63) is 99.6 Å². The van der Waals surface area contributed by atoms with Gasteiger partial charge in [-0.2, -0.15) is 0 Å². The lowest BCUT2D eigenvalue weighted by Gasteiger charge is -2.31. The molecule has 2 amide bonds. The predicted molar refractivity (Wildman–Crippen MR) is 150 cm³/mol. The molecule has 6 heteroatoms. The number of amides is 2. The second kappa shape index (κ2) is 13.8. The third-order valence-corrected chi connectivity index (χ3v) is 6.90. The first kappa shape index (κ1) is 28.3. The van der Waals surface area contributed by atoms with Crippen LogP contribution in [0.1, 0.15) is 47.6 Å². The smallest absolute Gasteiger partial charge is 0.261 e. The van der Waals surface area contributed by atoms with Gasteiger partial charge < -0.3 is 15.0 Å². The van der Waals surface area contributed by atoms with Crippen LogP contribution in [0.5, 0.6) is 5.75 Å². The van der Waals surface area contributed by atoms with Gasteiger partial charge in [0.25, 0.3) is 5.91 Å². The summed E-state index contributed by atoms with van der Waals surface area (Å²) >= 11 is 6.30. The first-order valence-electron chi connectivity index (χ1n) is 12.8. The van der Waals surface area contributed by atoms with Gasteiger partial charge in [-0.15, -0.1) is 0 Å². The van der Waals surface area contributed by atoms with Crippen LogP contribution >= 0.6 is 11.6 Å². The van der Waals surface area contributed by atoms with Crippen LogP contribution in [0.2, 0.25) is 5.02 Å². The summed E-state index contributed by atoms with van der Waals surface area (Å²) in [6.45, 7) is 8.62. The summed E-state index contributed by atoms with van der Waals surface area (Å²) in [5, 5.41) is 3.73. The molecule has 0 saturated heterocycles. The van der Waals surface area contributed by atoms with Crippen LogP contribution in [-0.2, 0) is 22.6 Å². The topological polar surface area (TPSA) is 58.6 Å².